The van der Waals surface area contributed by atoms with Gasteiger partial charge >= 0.3 is 0 Å². The number of carbonyl (C=O) groups is 1. The molecular formula is C21H28N2O4S. The maximum atomic E-state index is 11.7. The third-order valence-electron chi connectivity index (χ3n) is 5.00. The molecule has 152 valence electrons. The van der Waals surface area contributed by atoms with E-state index in [0.29, 0.717) is 23.8 Å². The van der Waals surface area contributed by atoms with Gasteiger partial charge in [0.25, 0.3) is 5.91 Å². The highest BCUT2D eigenvalue weighted by molar-refractivity contribution is 7.59. The van der Waals surface area contributed by atoms with Gasteiger partial charge in [-0.15, -0.1) is 0 Å². The molecule has 0 spiro atoms. The van der Waals surface area contributed by atoms with E-state index >= 15 is 0 Å². The third-order valence-corrected chi connectivity index (χ3v) is 5.00. The normalized spacial score (nSPS) is 16.4. The predicted octanol–water partition coefficient (Wildman–Crippen LogP) is 3.35. The van der Waals surface area contributed by atoms with Crippen LogP contribution in [0.1, 0.15) is 35.3 Å². The second-order valence-corrected chi connectivity index (χ2v) is 7.14. The average molecular weight is 405 g/mol. The van der Waals surface area contributed by atoms with Gasteiger partial charge in [-0.25, -0.2) is 5.48 Å². The molecule has 1 heterocycles. The quantitative estimate of drug-likeness (QED) is 0.591. The molecule has 2 N–H and O–H groups in total. The molecule has 0 fully saturated rings. The number of nitrogens with zero attached hydrogens (tertiary/aromatic N) is 1. The molecule has 0 unspecified atom stereocenters. The van der Waals surface area contributed by atoms with Crippen LogP contribution in [0.25, 0.3) is 0 Å². The van der Waals surface area contributed by atoms with Crippen molar-refractivity contribution in [2.75, 3.05) is 13.7 Å². The number of hydrogen-bond acceptors (Lipinski definition) is 5. The Bertz CT molecular complexity index is 795. The zero-order chi connectivity index (χ0) is 19.4. The zero-order valence-corrected chi connectivity index (χ0v) is 17.4. The Morgan fingerprint density at radius 3 is 2.61 bits per heavy atom. The minimum absolute atomic E-state index is 0. The smallest absolute Gasteiger partial charge is 0.274 e. The highest BCUT2D eigenvalue weighted by Crippen LogP contribution is 2.30. The molecule has 2 aromatic rings. The van der Waals surface area contributed by atoms with Crippen molar-refractivity contribution in [2.24, 2.45) is 5.92 Å². The summed E-state index contributed by atoms with van der Waals surface area (Å²) < 4.78 is 11.3. The first-order chi connectivity index (χ1) is 13.0. The molecule has 0 saturated heterocycles. The number of amides is 1. The van der Waals surface area contributed by atoms with E-state index in [-0.39, 0.29) is 19.5 Å². The first kappa shape index (κ1) is 22.1. The van der Waals surface area contributed by atoms with Crippen LogP contribution in [0.3, 0.4) is 0 Å². The van der Waals surface area contributed by atoms with Gasteiger partial charge in [0.2, 0.25) is 0 Å². The van der Waals surface area contributed by atoms with E-state index < -0.39 is 5.91 Å². The standard InChI is InChI=1S/C21H26N2O4.H2S/c1-14(2)19-13-27-20-10-16(21(24)22-25)6-7-17(20)12-23(19)11-15-4-8-18(26-3)9-5-15;/h4-10,14,19,25H,11-13H2,1-3H3,(H,22,24);1H2/t19-;/m1./s1. The summed E-state index contributed by atoms with van der Waals surface area (Å²) in [7, 11) is 1.66. The number of hydrogen-bond donors (Lipinski definition) is 2. The Hall–Kier alpha value is -2.22. The van der Waals surface area contributed by atoms with E-state index in [0.717, 1.165) is 24.4 Å². The van der Waals surface area contributed by atoms with Gasteiger partial charge in [-0.1, -0.05) is 32.0 Å². The van der Waals surface area contributed by atoms with Crippen LogP contribution >= 0.6 is 13.5 Å². The van der Waals surface area contributed by atoms with Crippen molar-refractivity contribution >= 4 is 19.4 Å². The Balaban J connectivity index is 0.00000280. The van der Waals surface area contributed by atoms with Gasteiger partial charge in [-0.05, 0) is 35.7 Å². The minimum atomic E-state index is -0.541. The van der Waals surface area contributed by atoms with Crippen molar-refractivity contribution in [1.82, 2.24) is 10.4 Å². The highest BCUT2D eigenvalue weighted by Gasteiger charge is 2.27. The fraction of sp³-hybridized carbons (Fsp3) is 0.381. The van der Waals surface area contributed by atoms with Gasteiger partial charge in [-0.3, -0.25) is 14.9 Å². The molecule has 28 heavy (non-hydrogen) atoms. The van der Waals surface area contributed by atoms with Gasteiger partial charge in [-0.2, -0.15) is 13.5 Å². The summed E-state index contributed by atoms with van der Waals surface area (Å²) in [6.45, 7) is 6.45. The number of fused-ring (bicyclic) bond motifs is 1. The lowest BCUT2D eigenvalue weighted by Crippen LogP contribution is -2.40. The molecule has 0 aliphatic carbocycles. The number of benzene rings is 2. The number of rotatable bonds is 5. The van der Waals surface area contributed by atoms with Crippen LogP contribution in [-0.4, -0.2) is 35.8 Å². The van der Waals surface area contributed by atoms with Crippen molar-refractivity contribution < 1.29 is 19.5 Å². The molecule has 7 heteroatoms. The number of carbonyl (C=O) groups excluding carboxylic acids is 1. The number of nitrogens with one attached hydrogen (secondary N) is 1. The van der Waals surface area contributed by atoms with E-state index in [1.165, 1.54) is 5.56 Å². The summed E-state index contributed by atoms with van der Waals surface area (Å²) in [4.78, 5) is 14.1. The average Bonchev–Trinajstić information content (AvgIpc) is 2.86. The lowest BCUT2D eigenvalue weighted by atomic mass is 10.0. The Morgan fingerprint density at radius 1 is 1.29 bits per heavy atom. The molecule has 1 aliphatic rings. The Morgan fingerprint density at radius 2 is 2.00 bits per heavy atom. The minimum Gasteiger partial charge on any atom is -0.497 e. The maximum absolute atomic E-state index is 11.7. The molecule has 0 saturated carbocycles. The van der Waals surface area contributed by atoms with E-state index in [1.54, 1.807) is 24.7 Å². The Kier molecular flexibility index (Phi) is 7.74. The van der Waals surface area contributed by atoms with Gasteiger partial charge in [0.1, 0.15) is 18.1 Å². The van der Waals surface area contributed by atoms with Gasteiger partial charge in [0.05, 0.1) is 7.11 Å². The van der Waals surface area contributed by atoms with Crippen molar-refractivity contribution in [3.05, 3.63) is 59.2 Å². The Labute approximate surface area is 172 Å². The van der Waals surface area contributed by atoms with Crippen LogP contribution in [0.15, 0.2) is 42.5 Å². The van der Waals surface area contributed by atoms with Crippen molar-refractivity contribution in [3.8, 4) is 11.5 Å². The first-order valence-corrected chi connectivity index (χ1v) is 9.09. The van der Waals surface area contributed by atoms with Crippen LogP contribution in [0.2, 0.25) is 0 Å². The SMILES string of the molecule is COc1ccc(CN2Cc3ccc(C(=O)NO)cc3OC[C@@H]2C(C)C)cc1.S. The zero-order valence-electron chi connectivity index (χ0n) is 16.4. The van der Waals surface area contributed by atoms with Crippen LogP contribution in [0, 0.1) is 5.92 Å². The van der Waals surface area contributed by atoms with E-state index in [9.17, 15) is 4.79 Å². The summed E-state index contributed by atoms with van der Waals surface area (Å²) in [5.41, 5.74) is 4.28. The molecule has 3 rings (SSSR count). The second kappa shape index (κ2) is 9.82. The van der Waals surface area contributed by atoms with Crippen LogP contribution in [0.4, 0.5) is 0 Å². The lowest BCUT2D eigenvalue weighted by molar-refractivity contribution is 0.0705. The summed E-state index contributed by atoms with van der Waals surface area (Å²) in [5.74, 6) is 1.41. The largest absolute Gasteiger partial charge is 0.497 e. The molecule has 1 atom stereocenters. The molecule has 2 aromatic carbocycles. The van der Waals surface area contributed by atoms with Gasteiger partial charge < -0.3 is 9.47 Å². The van der Waals surface area contributed by atoms with Crippen molar-refractivity contribution in [2.45, 2.75) is 33.0 Å². The third kappa shape index (κ3) is 4.98. The van der Waals surface area contributed by atoms with Crippen molar-refractivity contribution in [3.63, 3.8) is 0 Å². The fourth-order valence-corrected chi connectivity index (χ4v) is 3.39. The first-order valence-electron chi connectivity index (χ1n) is 9.09. The van der Waals surface area contributed by atoms with E-state index in [2.05, 4.69) is 30.9 Å². The molecular weight excluding hydrogens is 376 g/mol. The number of methoxy groups -OCH3 is 1. The van der Waals surface area contributed by atoms with Crippen LogP contribution in [-0.2, 0) is 13.1 Å². The monoisotopic (exact) mass is 404 g/mol. The van der Waals surface area contributed by atoms with Crippen LogP contribution < -0.4 is 15.0 Å². The predicted molar refractivity (Wildman–Crippen MR) is 112 cm³/mol. The number of hydroxylamine groups is 1. The topological polar surface area (TPSA) is 71.0 Å². The van der Waals surface area contributed by atoms with Crippen LogP contribution in [0.5, 0.6) is 11.5 Å². The lowest BCUT2D eigenvalue weighted by Gasteiger charge is -2.32. The molecule has 0 radical (unpaired) electrons. The summed E-state index contributed by atoms with van der Waals surface area (Å²) in [6, 6.07) is 13.6. The molecule has 0 aromatic heterocycles. The van der Waals surface area contributed by atoms with Gasteiger partial charge in [0.15, 0.2) is 0 Å². The highest BCUT2D eigenvalue weighted by atomic mass is 32.1. The maximum Gasteiger partial charge on any atom is 0.274 e. The van der Waals surface area contributed by atoms with Gasteiger partial charge in [0, 0.05) is 30.3 Å². The molecule has 1 amide bonds. The summed E-state index contributed by atoms with van der Waals surface area (Å²) in [5, 5.41) is 8.85. The second-order valence-electron chi connectivity index (χ2n) is 7.14. The molecule has 6 nitrogen and oxygen atoms in total. The molecule has 1 aliphatic heterocycles. The van der Waals surface area contributed by atoms with Crippen molar-refractivity contribution in [1.29, 1.82) is 0 Å². The fourth-order valence-electron chi connectivity index (χ4n) is 3.39. The summed E-state index contributed by atoms with van der Waals surface area (Å²) in [6.07, 6.45) is 0. The van der Waals surface area contributed by atoms with E-state index in [4.69, 9.17) is 14.7 Å². The summed E-state index contributed by atoms with van der Waals surface area (Å²) >= 11 is 0. The molecule has 0 bridgehead atoms. The van der Waals surface area contributed by atoms with E-state index in [1.807, 2.05) is 18.2 Å². The number of ether oxygens (including phenoxy) is 2.